The maximum absolute atomic E-state index is 11.5. The fraction of sp³-hybridized carbons (Fsp3) is 0.929. The Morgan fingerprint density at radius 1 is 1.22 bits per heavy atom. The largest absolute Gasteiger partial charge is 0.510 e. The molecule has 0 spiro atoms. The third kappa shape index (κ3) is 6.24. The van der Waals surface area contributed by atoms with E-state index in [2.05, 4.69) is 0 Å². The van der Waals surface area contributed by atoms with Crippen LogP contribution in [0.5, 0.6) is 0 Å². The molecule has 1 rings (SSSR count). The minimum absolute atomic E-state index is 0.0427. The second-order valence-electron chi connectivity index (χ2n) is 5.21. The third-order valence-electron chi connectivity index (χ3n) is 3.15. The molecule has 18 heavy (non-hydrogen) atoms. The van der Waals surface area contributed by atoms with Crippen molar-refractivity contribution in [1.29, 1.82) is 0 Å². The zero-order chi connectivity index (χ0) is 13.4. The van der Waals surface area contributed by atoms with E-state index in [1.165, 1.54) is 19.3 Å². The summed E-state index contributed by atoms with van der Waals surface area (Å²) >= 11 is 0. The van der Waals surface area contributed by atoms with Crippen molar-refractivity contribution in [3.05, 3.63) is 0 Å². The summed E-state index contributed by atoms with van der Waals surface area (Å²) in [7, 11) is 0. The lowest BCUT2D eigenvalue weighted by molar-refractivity contribution is -0.144. The zero-order valence-corrected chi connectivity index (χ0v) is 11.8. The molecule has 0 heterocycles. The van der Waals surface area contributed by atoms with Gasteiger partial charge >= 0.3 is 6.16 Å². The van der Waals surface area contributed by atoms with Crippen LogP contribution in [0, 0.1) is 5.92 Å². The summed E-state index contributed by atoms with van der Waals surface area (Å²) < 4.78 is 15.7. The lowest BCUT2D eigenvalue weighted by Gasteiger charge is -2.22. The van der Waals surface area contributed by atoms with Gasteiger partial charge in [0.05, 0.1) is 12.7 Å². The average molecular weight is 258 g/mol. The van der Waals surface area contributed by atoms with Gasteiger partial charge < -0.3 is 14.2 Å². The molecule has 1 aliphatic carbocycles. The number of rotatable bonds is 6. The normalized spacial score (nSPS) is 18.7. The topological polar surface area (TPSA) is 44.8 Å². The Balaban J connectivity index is 2.18. The summed E-state index contributed by atoms with van der Waals surface area (Å²) in [5.41, 5.74) is 0. The summed E-state index contributed by atoms with van der Waals surface area (Å²) in [6.07, 6.45) is 5.70. The molecule has 1 saturated carbocycles. The molecule has 0 bridgehead atoms. The van der Waals surface area contributed by atoms with Gasteiger partial charge in [-0.3, -0.25) is 0 Å². The molecule has 0 aromatic carbocycles. The second kappa shape index (κ2) is 8.35. The summed E-state index contributed by atoms with van der Waals surface area (Å²) in [5, 5.41) is 0. The fourth-order valence-electron chi connectivity index (χ4n) is 2.19. The molecule has 1 fully saturated rings. The average Bonchev–Trinajstić information content (AvgIpc) is 2.36. The van der Waals surface area contributed by atoms with Crippen LogP contribution in [0.25, 0.3) is 0 Å². The standard InChI is InChI=1S/C14H26O4/c1-4-13(17-11(2)3)18-14(15)16-10-12-8-6-5-7-9-12/h11-13H,4-10H2,1-3H3. The van der Waals surface area contributed by atoms with Crippen LogP contribution in [-0.2, 0) is 14.2 Å². The van der Waals surface area contributed by atoms with Gasteiger partial charge in [0, 0.05) is 6.42 Å². The van der Waals surface area contributed by atoms with Crippen molar-refractivity contribution < 1.29 is 19.0 Å². The monoisotopic (exact) mass is 258 g/mol. The summed E-state index contributed by atoms with van der Waals surface area (Å²) in [6, 6.07) is 0. The van der Waals surface area contributed by atoms with E-state index in [9.17, 15) is 4.79 Å². The molecule has 0 aromatic heterocycles. The lowest BCUT2D eigenvalue weighted by Crippen LogP contribution is -2.25. The number of hydrogen-bond acceptors (Lipinski definition) is 4. The van der Waals surface area contributed by atoms with Crippen molar-refractivity contribution in [3.63, 3.8) is 0 Å². The van der Waals surface area contributed by atoms with E-state index in [-0.39, 0.29) is 6.10 Å². The van der Waals surface area contributed by atoms with Crippen LogP contribution in [0.4, 0.5) is 4.79 Å². The Labute approximate surface area is 110 Å². The summed E-state index contributed by atoms with van der Waals surface area (Å²) in [4.78, 5) is 11.5. The van der Waals surface area contributed by atoms with Crippen molar-refractivity contribution in [2.24, 2.45) is 5.92 Å². The first-order valence-corrected chi connectivity index (χ1v) is 7.10. The Morgan fingerprint density at radius 3 is 2.44 bits per heavy atom. The van der Waals surface area contributed by atoms with Crippen LogP contribution < -0.4 is 0 Å². The van der Waals surface area contributed by atoms with E-state index >= 15 is 0 Å². The van der Waals surface area contributed by atoms with Crippen LogP contribution >= 0.6 is 0 Å². The van der Waals surface area contributed by atoms with Gasteiger partial charge in [-0.2, -0.15) is 0 Å². The van der Waals surface area contributed by atoms with E-state index < -0.39 is 12.4 Å². The quantitative estimate of drug-likeness (QED) is 0.535. The fourth-order valence-corrected chi connectivity index (χ4v) is 2.19. The zero-order valence-electron chi connectivity index (χ0n) is 11.8. The summed E-state index contributed by atoms with van der Waals surface area (Å²) in [5.74, 6) is 0.511. The molecule has 0 aliphatic heterocycles. The molecule has 0 amide bonds. The maximum atomic E-state index is 11.5. The first kappa shape index (κ1) is 15.3. The van der Waals surface area contributed by atoms with Crippen LogP contribution in [-0.4, -0.2) is 25.2 Å². The SMILES string of the molecule is CCC(OC(=O)OCC1CCCCC1)OC(C)C. The van der Waals surface area contributed by atoms with Crippen LogP contribution in [0.15, 0.2) is 0 Å². The highest BCUT2D eigenvalue weighted by molar-refractivity contribution is 5.59. The lowest BCUT2D eigenvalue weighted by atomic mass is 9.90. The van der Waals surface area contributed by atoms with Crippen molar-refractivity contribution in [2.75, 3.05) is 6.61 Å². The van der Waals surface area contributed by atoms with Gasteiger partial charge in [0.15, 0.2) is 0 Å². The summed E-state index contributed by atoms with van der Waals surface area (Å²) in [6.45, 7) is 6.23. The highest BCUT2D eigenvalue weighted by Gasteiger charge is 2.19. The molecule has 0 saturated heterocycles. The first-order chi connectivity index (χ1) is 8.61. The first-order valence-electron chi connectivity index (χ1n) is 7.10. The minimum Gasteiger partial charge on any atom is -0.434 e. The Bertz CT molecular complexity index is 234. The smallest absolute Gasteiger partial charge is 0.434 e. The highest BCUT2D eigenvalue weighted by atomic mass is 16.8. The second-order valence-corrected chi connectivity index (χ2v) is 5.21. The Hall–Kier alpha value is -0.770. The molecular weight excluding hydrogens is 232 g/mol. The van der Waals surface area contributed by atoms with Crippen LogP contribution in [0.2, 0.25) is 0 Å². The van der Waals surface area contributed by atoms with Gasteiger partial charge in [0.2, 0.25) is 6.29 Å². The molecule has 106 valence electrons. The molecule has 0 N–H and O–H groups in total. The molecule has 1 unspecified atom stereocenters. The molecule has 1 atom stereocenters. The van der Waals surface area contributed by atoms with Crippen molar-refractivity contribution in [1.82, 2.24) is 0 Å². The van der Waals surface area contributed by atoms with Gasteiger partial charge in [0.25, 0.3) is 0 Å². The van der Waals surface area contributed by atoms with Gasteiger partial charge in [-0.1, -0.05) is 26.2 Å². The molecule has 4 nitrogen and oxygen atoms in total. The predicted molar refractivity (Wildman–Crippen MR) is 69.3 cm³/mol. The van der Waals surface area contributed by atoms with E-state index in [0.717, 1.165) is 12.8 Å². The van der Waals surface area contributed by atoms with E-state index in [1.54, 1.807) is 0 Å². The van der Waals surface area contributed by atoms with Crippen LogP contribution in [0.3, 0.4) is 0 Å². The van der Waals surface area contributed by atoms with Crippen molar-refractivity contribution >= 4 is 6.16 Å². The van der Waals surface area contributed by atoms with Gasteiger partial charge in [-0.15, -0.1) is 0 Å². The molecular formula is C14H26O4. The predicted octanol–water partition coefficient (Wildman–Crippen LogP) is 3.88. The van der Waals surface area contributed by atoms with E-state index in [1.807, 2.05) is 20.8 Å². The molecule has 4 heteroatoms. The number of hydrogen-bond donors (Lipinski definition) is 0. The number of carbonyl (C=O) groups excluding carboxylic acids is 1. The maximum Gasteiger partial charge on any atom is 0.510 e. The van der Waals surface area contributed by atoms with E-state index in [0.29, 0.717) is 18.9 Å². The Kier molecular flexibility index (Phi) is 7.09. The van der Waals surface area contributed by atoms with Crippen LogP contribution in [0.1, 0.15) is 59.3 Å². The van der Waals surface area contributed by atoms with Gasteiger partial charge in [-0.25, -0.2) is 4.79 Å². The van der Waals surface area contributed by atoms with Gasteiger partial charge in [0.1, 0.15) is 0 Å². The van der Waals surface area contributed by atoms with Crippen molar-refractivity contribution in [3.8, 4) is 0 Å². The molecule has 0 aromatic rings. The molecule has 1 aliphatic rings. The highest BCUT2D eigenvalue weighted by Crippen LogP contribution is 2.23. The Morgan fingerprint density at radius 2 is 1.89 bits per heavy atom. The minimum atomic E-state index is -0.604. The van der Waals surface area contributed by atoms with Gasteiger partial charge in [-0.05, 0) is 32.6 Å². The molecule has 0 radical (unpaired) electrons. The van der Waals surface area contributed by atoms with E-state index in [4.69, 9.17) is 14.2 Å². The number of ether oxygens (including phenoxy) is 3. The third-order valence-corrected chi connectivity index (χ3v) is 3.15. The number of carbonyl (C=O) groups is 1. The van der Waals surface area contributed by atoms with Crippen molar-refractivity contribution in [2.45, 2.75) is 71.7 Å².